The lowest BCUT2D eigenvalue weighted by molar-refractivity contribution is 0.324. The summed E-state index contributed by atoms with van der Waals surface area (Å²) < 4.78 is 0. The first kappa shape index (κ1) is 14.5. The van der Waals surface area contributed by atoms with Gasteiger partial charge in [-0.25, -0.2) is 0 Å². The maximum Gasteiger partial charge on any atom is 0.134 e. The molecule has 1 saturated carbocycles. The Bertz CT molecular complexity index is 586. The van der Waals surface area contributed by atoms with Crippen molar-refractivity contribution >= 4 is 11.6 Å². The number of halogens is 1. The second kappa shape index (κ2) is 6.53. The normalized spacial score (nSPS) is 22.1. The lowest BCUT2D eigenvalue weighted by atomic mass is 9.77. The molecule has 1 aliphatic carbocycles. The SMILES string of the molecule is Oc1cccc(CC2CCC(c3ccccc3)CC2)c1Cl. The Balaban J connectivity index is 1.60. The van der Waals surface area contributed by atoms with E-state index in [1.165, 1.54) is 31.2 Å². The Labute approximate surface area is 131 Å². The Morgan fingerprint density at radius 2 is 1.62 bits per heavy atom. The van der Waals surface area contributed by atoms with Crippen molar-refractivity contribution in [1.82, 2.24) is 0 Å². The predicted octanol–water partition coefficient (Wildman–Crippen LogP) is 5.56. The highest BCUT2D eigenvalue weighted by atomic mass is 35.5. The molecule has 1 N–H and O–H groups in total. The number of benzene rings is 2. The first-order valence-electron chi connectivity index (χ1n) is 7.75. The fourth-order valence-corrected chi connectivity index (χ4v) is 3.66. The Hall–Kier alpha value is -1.47. The Morgan fingerprint density at radius 1 is 0.905 bits per heavy atom. The molecule has 2 aromatic rings. The topological polar surface area (TPSA) is 20.2 Å². The molecule has 0 saturated heterocycles. The zero-order chi connectivity index (χ0) is 14.7. The van der Waals surface area contributed by atoms with E-state index in [-0.39, 0.29) is 5.75 Å². The molecule has 21 heavy (non-hydrogen) atoms. The van der Waals surface area contributed by atoms with Crippen molar-refractivity contribution in [1.29, 1.82) is 0 Å². The first-order chi connectivity index (χ1) is 10.2. The van der Waals surface area contributed by atoms with E-state index in [1.54, 1.807) is 6.07 Å². The lowest BCUT2D eigenvalue weighted by Gasteiger charge is -2.29. The monoisotopic (exact) mass is 300 g/mol. The number of hydrogen-bond acceptors (Lipinski definition) is 1. The van der Waals surface area contributed by atoms with Crippen LogP contribution in [-0.2, 0) is 6.42 Å². The van der Waals surface area contributed by atoms with E-state index < -0.39 is 0 Å². The molecule has 2 heteroatoms. The second-order valence-corrected chi connectivity index (χ2v) is 6.46. The van der Waals surface area contributed by atoms with Crippen molar-refractivity contribution in [2.75, 3.05) is 0 Å². The molecule has 0 spiro atoms. The molecule has 110 valence electrons. The van der Waals surface area contributed by atoms with Gasteiger partial charge in [-0.2, -0.15) is 0 Å². The molecule has 0 aliphatic heterocycles. The quantitative estimate of drug-likeness (QED) is 0.786. The number of hydrogen-bond donors (Lipinski definition) is 1. The maximum absolute atomic E-state index is 9.69. The minimum Gasteiger partial charge on any atom is -0.506 e. The molecule has 0 amide bonds. The van der Waals surface area contributed by atoms with Gasteiger partial charge in [0.05, 0.1) is 5.02 Å². The number of rotatable bonds is 3. The molecule has 2 aromatic carbocycles. The molecule has 0 radical (unpaired) electrons. The van der Waals surface area contributed by atoms with Crippen LogP contribution in [0.2, 0.25) is 5.02 Å². The molecule has 3 rings (SSSR count). The van der Waals surface area contributed by atoms with Crippen molar-refractivity contribution in [3.05, 3.63) is 64.7 Å². The van der Waals surface area contributed by atoms with Crippen molar-refractivity contribution < 1.29 is 5.11 Å². The van der Waals surface area contributed by atoms with Crippen LogP contribution in [0.5, 0.6) is 5.75 Å². The van der Waals surface area contributed by atoms with Gasteiger partial charge in [0.15, 0.2) is 0 Å². The van der Waals surface area contributed by atoms with Crippen LogP contribution in [-0.4, -0.2) is 5.11 Å². The van der Waals surface area contributed by atoms with Crippen LogP contribution in [0.25, 0.3) is 0 Å². The summed E-state index contributed by atoms with van der Waals surface area (Å²) in [6.45, 7) is 0. The molecule has 0 aromatic heterocycles. The summed E-state index contributed by atoms with van der Waals surface area (Å²) in [5.41, 5.74) is 2.56. The minimum absolute atomic E-state index is 0.201. The molecule has 0 atom stereocenters. The van der Waals surface area contributed by atoms with E-state index in [4.69, 9.17) is 11.6 Å². The fourth-order valence-electron chi connectivity index (χ4n) is 3.46. The van der Waals surface area contributed by atoms with Crippen LogP contribution < -0.4 is 0 Å². The highest BCUT2D eigenvalue weighted by Crippen LogP contribution is 2.38. The van der Waals surface area contributed by atoms with E-state index in [0.29, 0.717) is 16.9 Å². The zero-order valence-corrected chi connectivity index (χ0v) is 12.9. The van der Waals surface area contributed by atoms with E-state index in [1.807, 2.05) is 12.1 Å². The summed E-state index contributed by atoms with van der Waals surface area (Å²) in [5, 5.41) is 10.2. The van der Waals surface area contributed by atoms with Crippen molar-refractivity contribution in [3.63, 3.8) is 0 Å². The Morgan fingerprint density at radius 3 is 2.33 bits per heavy atom. The van der Waals surface area contributed by atoms with Gasteiger partial charge in [0.1, 0.15) is 5.75 Å². The summed E-state index contributed by atoms with van der Waals surface area (Å²) in [6.07, 6.45) is 5.97. The van der Waals surface area contributed by atoms with Crippen molar-refractivity contribution in [3.8, 4) is 5.75 Å². The number of phenolic OH excluding ortho intramolecular Hbond substituents is 1. The van der Waals surface area contributed by atoms with Gasteiger partial charge < -0.3 is 5.11 Å². The van der Waals surface area contributed by atoms with Gasteiger partial charge in [0.25, 0.3) is 0 Å². The molecular formula is C19H21ClO. The van der Waals surface area contributed by atoms with Gasteiger partial charge in [-0.15, -0.1) is 0 Å². The zero-order valence-electron chi connectivity index (χ0n) is 12.1. The standard InChI is InChI=1S/C19H21ClO/c20-19-17(7-4-8-18(19)21)13-14-9-11-16(12-10-14)15-5-2-1-3-6-15/h1-8,14,16,21H,9-13H2. The molecule has 1 fully saturated rings. The average Bonchev–Trinajstić information content (AvgIpc) is 2.53. The van der Waals surface area contributed by atoms with Crippen LogP contribution in [0.3, 0.4) is 0 Å². The van der Waals surface area contributed by atoms with Gasteiger partial charge >= 0.3 is 0 Å². The van der Waals surface area contributed by atoms with Gasteiger partial charge in [-0.1, -0.05) is 54.1 Å². The van der Waals surface area contributed by atoms with Gasteiger partial charge in [0.2, 0.25) is 0 Å². The first-order valence-corrected chi connectivity index (χ1v) is 8.13. The summed E-state index contributed by atoms with van der Waals surface area (Å²) in [5.74, 6) is 1.60. The van der Waals surface area contributed by atoms with Crippen LogP contribution in [0.4, 0.5) is 0 Å². The summed E-state index contributed by atoms with van der Waals surface area (Å²) in [7, 11) is 0. The van der Waals surface area contributed by atoms with Crippen LogP contribution >= 0.6 is 11.6 Å². The molecular weight excluding hydrogens is 280 g/mol. The van der Waals surface area contributed by atoms with Gasteiger partial charge in [-0.05, 0) is 61.1 Å². The Kier molecular flexibility index (Phi) is 4.50. The predicted molar refractivity (Wildman–Crippen MR) is 88.0 cm³/mol. The largest absolute Gasteiger partial charge is 0.506 e. The molecule has 0 bridgehead atoms. The fraction of sp³-hybridized carbons (Fsp3) is 0.368. The number of aromatic hydroxyl groups is 1. The number of phenols is 1. The van der Waals surface area contributed by atoms with Crippen molar-refractivity contribution in [2.45, 2.75) is 38.0 Å². The van der Waals surface area contributed by atoms with E-state index in [9.17, 15) is 5.11 Å². The third-order valence-electron chi connectivity index (χ3n) is 4.68. The van der Waals surface area contributed by atoms with Crippen molar-refractivity contribution in [2.24, 2.45) is 5.92 Å². The average molecular weight is 301 g/mol. The summed E-state index contributed by atoms with van der Waals surface area (Å²) >= 11 is 6.19. The van der Waals surface area contributed by atoms with E-state index in [0.717, 1.165) is 12.0 Å². The second-order valence-electron chi connectivity index (χ2n) is 6.08. The summed E-state index contributed by atoms with van der Waals surface area (Å²) in [4.78, 5) is 0. The van der Waals surface area contributed by atoms with Crippen LogP contribution in [0.15, 0.2) is 48.5 Å². The lowest BCUT2D eigenvalue weighted by Crippen LogP contribution is -2.15. The maximum atomic E-state index is 9.69. The molecule has 0 unspecified atom stereocenters. The smallest absolute Gasteiger partial charge is 0.134 e. The third kappa shape index (κ3) is 3.41. The summed E-state index contributed by atoms with van der Waals surface area (Å²) in [6, 6.07) is 16.4. The highest BCUT2D eigenvalue weighted by Gasteiger charge is 2.23. The van der Waals surface area contributed by atoms with Gasteiger partial charge in [-0.3, -0.25) is 0 Å². The van der Waals surface area contributed by atoms with Gasteiger partial charge in [0, 0.05) is 0 Å². The van der Waals surface area contributed by atoms with E-state index >= 15 is 0 Å². The minimum atomic E-state index is 0.201. The highest BCUT2D eigenvalue weighted by molar-refractivity contribution is 6.32. The van der Waals surface area contributed by atoms with Crippen LogP contribution in [0, 0.1) is 5.92 Å². The third-order valence-corrected chi connectivity index (χ3v) is 5.12. The van der Waals surface area contributed by atoms with Crippen LogP contribution in [0.1, 0.15) is 42.7 Å². The van der Waals surface area contributed by atoms with E-state index in [2.05, 4.69) is 30.3 Å². The molecule has 1 aliphatic rings. The molecule has 0 heterocycles. The molecule has 1 nitrogen and oxygen atoms in total.